The lowest BCUT2D eigenvalue weighted by molar-refractivity contribution is 0.0158. The molecule has 1 amide bonds. The second-order valence-electron chi connectivity index (χ2n) is 6.30. The second kappa shape index (κ2) is 6.22. The van der Waals surface area contributed by atoms with Crippen molar-refractivity contribution in [3.05, 3.63) is 22.8 Å². The Hall–Kier alpha value is -1.30. The van der Waals surface area contributed by atoms with Crippen molar-refractivity contribution >= 4 is 27.8 Å². The summed E-state index contributed by atoms with van der Waals surface area (Å²) in [4.78, 5) is 20.6. The van der Waals surface area contributed by atoms with Gasteiger partial charge in [0.15, 0.2) is 0 Å². The molecule has 0 radical (unpaired) electrons. The summed E-state index contributed by atoms with van der Waals surface area (Å²) in [6.07, 6.45) is 1.55. The van der Waals surface area contributed by atoms with E-state index in [2.05, 4.69) is 25.8 Å². The molecule has 0 N–H and O–H groups in total. The van der Waals surface area contributed by atoms with Crippen LogP contribution >= 0.6 is 15.9 Å². The zero-order valence-corrected chi connectivity index (χ0v) is 14.6. The van der Waals surface area contributed by atoms with Gasteiger partial charge in [-0.05, 0) is 55.8 Å². The summed E-state index contributed by atoms with van der Waals surface area (Å²) in [6.45, 7) is 9.86. The van der Waals surface area contributed by atoms with Gasteiger partial charge in [0.25, 0.3) is 0 Å². The van der Waals surface area contributed by atoms with Crippen LogP contribution in [0.3, 0.4) is 0 Å². The van der Waals surface area contributed by atoms with Crippen molar-refractivity contribution in [3.8, 4) is 0 Å². The zero-order chi connectivity index (χ0) is 15.6. The maximum atomic E-state index is 12.2. The minimum absolute atomic E-state index is 0.0963. The molecule has 0 aromatic carbocycles. The van der Waals surface area contributed by atoms with Crippen LogP contribution in [0.1, 0.15) is 27.7 Å². The number of aromatic nitrogens is 1. The van der Waals surface area contributed by atoms with Crippen molar-refractivity contribution in [1.29, 1.82) is 0 Å². The molecule has 2 rings (SSSR count). The quantitative estimate of drug-likeness (QED) is 0.775. The van der Waals surface area contributed by atoms with Crippen LogP contribution in [0.25, 0.3) is 0 Å². The molecular formula is C15H22BrN3O2. The average Bonchev–Trinajstić information content (AvgIpc) is 2.37. The molecule has 6 heteroatoms. The van der Waals surface area contributed by atoms with Gasteiger partial charge < -0.3 is 14.5 Å². The van der Waals surface area contributed by atoms with E-state index in [1.54, 1.807) is 11.1 Å². The summed E-state index contributed by atoms with van der Waals surface area (Å²) in [7, 11) is 0. The smallest absolute Gasteiger partial charge is 0.410 e. The van der Waals surface area contributed by atoms with Crippen molar-refractivity contribution in [2.45, 2.75) is 39.3 Å². The van der Waals surface area contributed by atoms with E-state index < -0.39 is 5.60 Å². The fourth-order valence-electron chi connectivity index (χ4n) is 2.31. The Morgan fingerprint density at radius 2 is 2.10 bits per heavy atom. The number of pyridine rings is 1. The molecule has 5 nitrogen and oxygen atoms in total. The van der Waals surface area contributed by atoms with E-state index in [4.69, 9.17) is 4.74 Å². The number of carbonyl (C=O) groups excluding carboxylic acids is 1. The van der Waals surface area contributed by atoms with Crippen LogP contribution in [0.4, 0.5) is 10.6 Å². The van der Waals surface area contributed by atoms with E-state index in [9.17, 15) is 4.79 Å². The van der Waals surface area contributed by atoms with E-state index in [-0.39, 0.29) is 12.1 Å². The molecule has 0 saturated carbocycles. The van der Waals surface area contributed by atoms with Crippen LogP contribution < -0.4 is 4.90 Å². The standard InChI is InChI=1S/C15H22BrN3O2/c1-11-10-18(13-6-5-12(16)9-17-13)7-8-19(11)14(20)21-15(2,3)4/h5-6,9,11H,7-8,10H2,1-4H3/t11-/m0/s1. The Labute approximate surface area is 134 Å². The first-order valence-electron chi connectivity index (χ1n) is 7.12. The highest BCUT2D eigenvalue weighted by atomic mass is 79.9. The molecule has 1 saturated heterocycles. The largest absolute Gasteiger partial charge is 0.444 e. The first kappa shape index (κ1) is 16.1. The molecule has 1 aromatic heterocycles. The van der Waals surface area contributed by atoms with Gasteiger partial charge in [0.2, 0.25) is 0 Å². The fraction of sp³-hybridized carbons (Fsp3) is 0.600. The zero-order valence-electron chi connectivity index (χ0n) is 13.0. The van der Waals surface area contributed by atoms with Gasteiger partial charge in [-0.1, -0.05) is 0 Å². The third kappa shape index (κ3) is 4.33. The summed E-state index contributed by atoms with van der Waals surface area (Å²) in [5, 5.41) is 0. The van der Waals surface area contributed by atoms with Crippen molar-refractivity contribution < 1.29 is 9.53 Å². The Bertz CT molecular complexity index is 499. The number of ether oxygens (including phenoxy) is 1. The Morgan fingerprint density at radius 1 is 1.38 bits per heavy atom. The number of nitrogens with zero attached hydrogens (tertiary/aromatic N) is 3. The Kier molecular flexibility index (Phi) is 4.76. The van der Waals surface area contributed by atoms with Crippen molar-refractivity contribution in [2.24, 2.45) is 0 Å². The van der Waals surface area contributed by atoms with Gasteiger partial charge in [0.1, 0.15) is 11.4 Å². The molecule has 0 bridgehead atoms. The van der Waals surface area contributed by atoms with Gasteiger partial charge >= 0.3 is 6.09 Å². The lowest BCUT2D eigenvalue weighted by Crippen LogP contribution is -2.55. The van der Waals surface area contributed by atoms with Crippen LogP contribution in [0.15, 0.2) is 22.8 Å². The number of rotatable bonds is 1. The normalized spacial score (nSPS) is 19.6. The maximum Gasteiger partial charge on any atom is 0.410 e. The predicted molar refractivity (Wildman–Crippen MR) is 86.6 cm³/mol. The highest BCUT2D eigenvalue weighted by Crippen LogP contribution is 2.20. The minimum Gasteiger partial charge on any atom is -0.444 e. The molecule has 116 valence electrons. The maximum absolute atomic E-state index is 12.2. The lowest BCUT2D eigenvalue weighted by atomic mass is 10.2. The van der Waals surface area contributed by atoms with Crippen LogP contribution in [0.2, 0.25) is 0 Å². The summed E-state index contributed by atoms with van der Waals surface area (Å²) in [5.41, 5.74) is -0.457. The van der Waals surface area contributed by atoms with E-state index in [0.717, 1.165) is 23.4 Å². The molecule has 21 heavy (non-hydrogen) atoms. The summed E-state index contributed by atoms with van der Waals surface area (Å²) in [5.74, 6) is 0.939. The number of halogens is 1. The molecule has 1 atom stereocenters. The van der Waals surface area contributed by atoms with E-state index in [1.165, 1.54) is 0 Å². The number of anilines is 1. The van der Waals surface area contributed by atoms with Crippen molar-refractivity contribution in [3.63, 3.8) is 0 Å². The highest BCUT2D eigenvalue weighted by Gasteiger charge is 2.31. The first-order valence-corrected chi connectivity index (χ1v) is 7.92. The average molecular weight is 356 g/mol. The molecule has 1 fully saturated rings. The monoisotopic (exact) mass is 355 g/mol. The molecular weight excluding hydrogens is 334 g/mol. The van der Waals surface area contributed by atoms with E-state index >= 15 is 0 Å². The van der Waals surface area contributed by atoms with Gasteiger partial charge in [-0.2, -0.15) is 0 Å². The van der Waals surface area contributed by atoms with Crippen molar-refractivity contribution in [1.82, 2.24) is 9.88 Å². The second-order valence-corrected chi connectivity index (χ2v) is 7.22. The summed E-state index contributed by atoms with van der Waals surface area (Å²) >= 11 is 3.39. The van der Waals surface area contributed by atoms with Gasteiger partial charge in [0.05, 0.1) is 0 Å². The molecule has 0 spiro atoms. The number of amides is 1. The lowest BCUT2D eigenvalue weighted by Gasteiger charge is -2.40. The van der Waals surface area contributed by atoms with Gasteiger partial charge in [-0.3, -0.25) is 0 Å². The van der Waals surface area contributed by atoms with E-state index in [0.29, 0.717) is 6.54 Å². The third-order valence-electron chi connectivity index (χ3n) is 3.29. The molecule has 1 aliphatic rings. The molecule has 1 aromatic rings. The van der Waals surface area contributed by atoms with Crippen LogP contribution in [0.5, 0.6) is 0 Å². The van der Waals surface area contributed by atoms with Crippen LogP contribution in [-0.4, -0.2) is 47.3 Å². The number of carbonyl (C=O) groups is 1. The molecule has 2 heterocycles. The third-order valence-corrected chi connectivity index (χ3v) is 3.76. The highest BCUT2D eigenvalue weighted by molar-refractivity contribution is 9.10. The Balaban J connectivity index is 1.99. The molecule has 1 aliphatic heterocycles. The van der Waals surface area contributed by atoms with Gasteiger partial charge in [-0.15, -0.1) is 0 Å². The van der Waals surface area contributed by atoms with Crippen LogP contribution in [-0.2, 0) is 4.74 Å². The first-order chi connectivity index (χ1) is 9.76. The fourth-order valence-corrected chi connectivity index (χ4v) is 2.55. The minimum atomic E-state index is -0.457. The number of hydrogen-bond donors (Lipinski definition) is 0. The topological polar surface area (TPSA) is 45.7 Å². The van der Waals surface area contributed by atoms with Crippen LogP contribution in [0, 0.1) is 0 Å². The van der Waals surface area contributed by atoms with Gasteiger partial charge in [0, 0.05) is 36.3 Å². The number of hydrogen-bond acceptors (Lipinski definition) is 4. The molecule has 0 aliphatic carbocycles. The molecule has 0 unspecified atom stereocenters. The van der Waals surface area contributed by atoms with Crippen molar-refractivity contribution in [2.75, 3.05) is 24.5 Å². The predicted octanol–water partition coefficient (Wildman–Crippen LogP) is 3.29. The van der Waals surface area contributed by atoms with E-state index in [1.807, 2.05) is 39.8 Å². The number of piperazine rings is 1. The Morgan fingerprint density at radius 3 is 2.62 bits per heavy atom. The SMILES string of the molecule is C[C@H]1CN(c2ccc(Br)cn2)CCN1C(=O)OC(C)(C)C. The summed E-state index contributed by atoms with van der Waals surface area (Å²) < 4.78 is 6.42. The van der Waals surface area contributed by atoms with Gasteiger partial charge in [-0.25, -0.2) is 9.78 Å². The summed E-state index contributed by atoms with van der Waals surface area (Å²) in [6, 6.07) is 4.06.